The van der Waals surface area contributed by atoms with Crippen molar-refractivity contribution >= 4 is 35.0 Å². The molecule has 32 heavy (non-hydrogen) atoms. The lowest BCUT2D eigenvalue weighted by Crippen LogP contribution is -2.59. The third kappa shape index (κ3) is 4.80. The standard InChI is InChI=1S/C25H28Cl2N2O3/c1-2-16-7-8-18(14-20(16)27)25(32)29-11-10-15-6-9-21(22(29)12-15)28-24(31)23(30)17-4-3-5-19(26)13-17/h3-5,7-8,13-15,21-23,30H,2,6,9-12H2,1H3,(H,28,31). The van der Waals surface area contributed by atoms with Crippen molar-refractivity contribution in [3.05, 3.63) is 69.2 Å². The van der Waals surface area contributed by atoms with Gasteiger partial charge < -0.3 is 15.3 Å². The van der Waals surface area contributed by atoms with E-state index < -0.39 is 12.0 Å². The van der Waals surface area contributed by atoms with Gasteiger partial charge in [0.1, 0.15) is 0 Å². The summed E-state index contributed by atoms with van der Waals surface area (Å²) in [5.74, 6) is 0.0275. The number of likely N-dealkylation sites (tertiary alicyclic amines) is 1. The number of hydrogen-bond acceptors (Lipinski definition) is 3. The highest BCUT2D eigenvalue weighted by Crippen LogP contribution is 2.36. The van der Waals surface area contributed by atoms with Crippen LogP contribution in [0.3, 0.4) is 0 Å². The van der Waals surface area contributed by atoms with Crippen LogP contribution in [0.25, 0.3) is 0 Å². The third-order valence-corrected chi connectivity index (χ3v) is 7.37. The van der Waals surface area contributed by atoms with Gasteiger partial charge in [0.25, 0.3) is 11.8 Å². The lowest BCUT2D eigenvalue weighted by atomic mass is 9.76. The Balaban J connectivity index is 1.50. The number of halogens is 2. The van der Waals surface area contributed by atoms with Crippen LogP contribution in [0, 0.1) is 5.92 Å². The molecule has 2 aromatic carbocycles. The summed E-state index contributed by atoms with van der Waals surface area (Å²) in [6.07, 6.45) is 3.11. The minimum absolute atomic E-state index is 0.0606. The zero-order valence-corrected chi connectivity index (χ0v) is 19.6. The average molecular weight is 475 g/mol. The maximum Gasteiger partial charge on any atom is 0.254 e. The number of carbonyl (C=O) groups is 2. The van der Waals surface area contributed by atoms with Crippen molar-refractivity contribution in [2.75, 3.05) is 6.54 Å². The van der Waals surface area contributed by atoms with Crippen LogP contribution < -0.4 is 5.32 Å². The Morgan fingerprint density at radius 3 is 2.69 bits per heavy atom. The topological polar surface area (TPSA) is 69.6 Å². The zero-order chi connectivity index (χ0) is 22.8. The first kappa shape index (κ1) is 23.1. The number of nitrogens with zero attached hydrogens (tertiary/aromatic N) is 1. The van der Waals surface area contributed by atoms with Crippen molar-refractivity contribution in [3.8, 4) is 0 Å². The SMILES string of the molecule is CCc1ccc(C(=O)N2CCC3CCC(NC(=O)C(O)c4cccc(Cl)c4)C2C3)cc1Cl. The zero-order valence-electron chi connectivity index (χ0n) is 18.1. The Bertz CT molecular complexity index is 1010. The molecule has 1 saturated carbocycles. The van der Waals surface area contributed by atoms with E-state index in [4.69, 9.17) is 23.2 Å². The van der Waals surface area contributed by atoms with Gasteiger partial charge in [0, 0.05) is 28.2 Å². The molecule has 1 heterocycles. The van der Waals surface area contributed by atoms with Crippen molar-refractivity contribution in [3.63, 3.8) is 0 Å². The van der Waals surface area contributed by atoms with Crippen LogP contribution >= 0.6 is 23.2 Å². The van der Waals surface area contributed by atoms with E-state index in [1.165, 1.54) is 0 Å². The number of amides is 2. The van der Waals surface area contributed by atoms with Crippen molar-refractivity contribution in [2.45, 2.75) is 57.2 Å². The van der Waals surface area contributed by atoms with E-state index in [2.05, 4.69) is 5.32 Å². The molecular weight excluding hydrogens is 447 g/mol. The summed E-state index contributed by atoms with van der Waals surface area (Å²) in [4.78, 5) is 28.1. The van der Waals surface area contributed by atoms with Gasteiger partial charge in [-0.05, 0) is 73.4 Å². The number of nitrogens with one attached hydrogen (secondary N) is 1. The molecule has 2 fully saturated rings. The van der Waals surface area contributed by atoms with Crippen molar-refractivity contribution in [2.24, 2.45) is 5.92 Å². The lowest BCUT2D eigenvalue weighted by Gasteiger charge is -2.47. The Hall–Kier alpha value is -2.08. The van der Waals surface area contributed by atoms with E-state index in [-0.39, 0.29) is 18.0 Å². The number of piperidine rings is 1. The molecule has 2 aliphatic rings. The summed E-state index contributed by atoms with van der Waals surface area (Å²) < 4.78 is 0. The van der Waals surface area contributed by atoms with Gasteiger partial charge in [-0.3, -0.25) is 9.59 Å². The molecule has 2 amide bonds. The molecule has 4 rings (SSSR count). The van der Waals surface area contributed by atoms with Crippen molar-refractivity contribution in [1.29, 1.82) is 0 Å². The van der Waals surface area contributed by atoms with Gasteiger partial charge in [-0.2, -0.15) is 0 Å². The summed E-state index contributed by atoms with van der Waals surface area (Å²) in [6, 6.07) is 11.8. The van der Waals surface area contributed by atoms with E-state index >= 15 is 0 Å². The van der Waals surface area contributed by atoms with E-state index in [1.807, 2.05) is 24.0 Å². The maximum atomic E-state index is 13.4. The van der Waals surface area contributed by atoms with E-state index in [0.717, 1.165) is 37.7 Å². The fourth-order valence-corrected chi connectivity index (χ4v) is 5.48. The molecule has 2 bridgehead atoms. The molecule has 0 spiro atoms. The minimum Gasteiger partial charge on any atom is -0.378 e. The molecule has 4 unspecified atom stereocenters. The van der Waals surface area contributed by atoms with E-state index in [0.29, 0.717) is 33.6 Å². The smallest absolute Gasteiger partial charge is 0.254 e. The molecule has 0 aromatic heterocycles. The van der Waals surface area contributed by atoms with Crippen molar-refractivity contribution < 1.29 is 14.7 Å². The first-order valence-electron chi connectivity index (χ1n) is 11.2. The average Bonchev–Trinajstić information content (AvgIpc) is 2.80. The number of carbonyl (C=O) groups excluding carboxylic acids is 2. The molecule has 1 saturated heterocycles. The molecule has 2 aromatic rings. The Morgan fingerprint density at radius 2 is 1.97 bits per heavy atom. The van der Waals surface area contributed by atoms with E-state index in [1.54, 1.807) is 30.3 Å². The first-order chi connectivity index (χ1) is 15.4. The number of aliphatic hydroxyl groups excluding tert-OH is 1. The van der Waals surface area contributed by atoms with Crippen LogP contribution in [-0.2, 0) is 11.2 Å². The number of aryl methyl sites for hydroxylation is 1. The van der Waals surface area contributed by atoms with Crippen LogP contribution in [0.1, 0.15) is 60.2 Å². The monoisotopic (exact) mass is 474 g/mol. The molecule has 170 valence electrons. The van der Waals surface area contributed by atoms with Gasteiger partial charge >= 0.3 is 0 Å². The fourth-order valence-electron chi connectivity index (χ4n) is 4.97. The van der Waals surface area contributed by atoms with Crippen LogP contribution in [0.4, 0.5) is 0 Å². The van der Waals surface area contributed by atoms with Crippen LogP contribution in [0.15, 0.2) is 42.5 Å². The largest absolute Gasteiger partial charge is 0.378 e. The number of aliphatic hydroxyl groups is 1. The quantitative estimate of drug-likeness (QED) is 0.654. The Labute approximate surface area is 198 Å². The number of benzene rings is 2. The Kier molecular flexibility index (Phi) is 7.08. The molecule has 4 atom stereocenters. The maximum absolute atomic E-state index is 13.4. The van der Waals surface area contributed by atoms with Gasteiger partial charge in [0.2, 0.25) is 0 Å². The summed E-state index contributed by atoms with van der Waals surface area (Å²) >= 11 is 12.4. The number of rotatable bonds is 5. The normalized spacial score (nSPS) is 23.5. The van der Waals surface area contributed by atoms with Crippen molar-refractivity contribution in [1.82, 2.24) is 10.2 Å². The second-order valence-electron chi connectivity index (χ2n) is 8.77. The highest BCUT2D eigenvalue weighted by Gasteiger charge is 2.41. The van der Waals surface area contributed by atoms with Gasteiger partial charge in [0.05, 0.1) is 6.04 Å². The highest BCUT2D eigenvalue weighted by molar-refractivity contribution is 6.31. The summed E-state index contributed by atoms with van der Waals surface area (Å²) in [5.41, 5.74) is 2.03. The lowest BCUT2D eigenvalue weighted by molar-refractivity contribution is -0.131. The molecule has 1 aliphatic carbocycles. The molecule has 7 heteroatoms. The predicted octanol–water partition coefficient (Wildman–Crippen LogP) is 4.79. The molecule has 0 radical (unpaired) electrons. The highest BCUT2D eigenvalue weighted by atomic mass is 35.5. The Morgan fingerprint density at radius 1 is 1.16 bits per heavy atom. The molecular formula is C25H28Cl2N2O3. The molecule has 1 aliphatic heterocycles. The second kappa shape index (κ2) is 9.82. The van der Waals surface area contributed by atoms with Gasteiger partial charge in [-0.15, -0.1) is 0 Å². The second-order valence-corrected chi connectivity index (χ2v) is 9.61. The number of hydrogen-bond donors (Lipinski definition) is 2. The van der Waals surface area contributed by atoms with Gasteiger partial charge in [-0.25, -0.2) is 0 Å². The first-order valence-corrected chi connectivity index (χ1v) is 12.0. The predicted molar refractivity (Wildman–Crippen MR) is 126 cm³/mol. The summed E-state index contributed by atoms with van der Waals surface area (Å²) in [5, 5.41) is 14.6. The fraction of sp³-hybridized carbons (Fsp3) is 0.440. The van der Waals surface area contributed by atoms with Crippen LogP contribution in [0.2, 0.25) is 10.0 Å². The van der Waals surface area contributed by atoms with Crippen LogP contribution in [0.5, 0.6) is 0 Å². The molecule has 5 nitrogen and oxygen atoms in total. The van der Waals surface area contributed by atoms with Gasteiger partial charge in [0.15, 0.2) is 6.10 Å². The number of fused-ring (bicyclic) bond motifs is 2. The van der Waals surface area contributed by atoms with Gasteiger partial charge in [-0.1, -0.05) is 48.3 Å². The van der Waals surface area contributed by atoms with Crippen LogP contribution in [-0.4, -0.2) is 40.4 Å². The summed E-state index contributed by atoms with van der Waals surface area (Å²) in [7, 11) is 0. The third-order valence-electron chi connectivity index (χ3n) is 6.79. The molecule has 2 N–H and O–H groups in total. The summed E-state index contributed by atoms with van der Waals surface area (Å²) in [6.45, 7) is 2.69. The minimum atomic E-state index is -1.31. The van der Waals surface area contributed by atoms with E-state index in [9.17, 15) is 14.7 Å².